The summed E-state index contributed by atoms with van der Waals surface area (Å²) in [6.45, 7) is 3.67. The van der Waals surface area contributed by atoms with Crippen LogP contribution in [-0.4, -0.2) is 26.1 Å². The Balaban J connectivity index is 1.81. The van der Waals surface area contributed by atoms with Gasteiger partial charge in [-0.2, -0.15) is 0 Å². The summed E-state index contributed by atoms with van der Waals surface area (Å²) in [5.74, 6) is 0.523. The van der Waals surface area contributed by atoms with Gasteiger partial charge in [-0.1, -0.05) is 41.6 Å². The Morgan fingerprint density at radius 2 is 2.00 bits per heavy atom. The lowest BCUT2D eigenvalue weighted by Crippen LogP contribution is -2.22. The molecule has 122 valence electrons. The van der Waals surface area contributed by atoms with Gasteiger partial charge in [0.15, 0.2) is 5.15 Å². The van der Waals surface area contributed by atoms with Gasteiger partial charge < -0.3 is 5.32 Å². The number of hydrogen-bond acceptors (Lipinski definition) is 5. The quantitative estimate of drug-likeness (QED) is 0.432. The van der Waals surface area contributed by atoms with Crippen LogP contribution in [0.2, 0.25) is 5.15 Å². The van der Waals surface area contributed by atoms with Crippen LogP contribution in [0.5, 0.6) is 0 Å². The van der Waals surface area contributed by atoms with E-state index in [0.29, 0.717) is 11.5 Å². The Morgan fingerprint density at radius 1 is 1.21 bits per heavy atom. The minimum absolute atomic E-state index is 0.157. The van der Waals surface area contributed by atoms with Gasteiger partial charge in [-0.05, 0) is 32.0 Å². The summed E-state index contributed by atoms with van der Waals surface area (Å²) in [4.78, 5) is 25.3. The smallest absolute Gasteiger partial charge is 0.237 e. The maximum absolute atomic E-state index is 12.4. The number of hydrogen-bond donors (Lipinski definition) is 1. The molecule has 0 radical (unpaired) electrons. The molecule has 5 nitrogen and oxygen atoms in total. The van der Waals surface area contributed by atoms with Crippen molar-refractivity contribution in [3.05, 3.63) is 53.6 Å². The molecule has 0 aliphatic heterocycles. The van der Waals surface area contributed by atoms with Crippen molar-refractivity contribution >= 4 is 45.9 Å². The normalized spacial score (nSPS) is 12.1. The van der Waals surface area contributed by atoms with Crippen LogP contribution in [0.1, 0.15) is 12.7 Å². The molecule has 0 saturated carbocycles. The lowest BCUT2D eigenvalue weighted by Gasteiger charge is -2.13. The first-order chi connectivity index (χ1) is 11.5. The molecule has 1 aromatic carbocycles. The summed E-state index contributed by atoms with van der Waals surface area (Å²) in [5.41, 5.74) is 1.37. The average Bonchev–Trinajstić information content (AvgIpc) is 2.56. The first kappa shape index (κ1) is 16.7. The number of carbonyl (C=O) groups is 1. The number of carbonyl (C=O) groups excluding carboxylic acids is 1. The van der Waals surface area contributed by atoms with Crippen LogP contribution < -0.4 is 5.32 Å². The van der Waals surface area contributed by atoms with Crippen LogP contribution in [0.3, 0.4) is 0 Å². The number of thioether (sulfide) groups is 1. The Labute approximate surface area is 148 Å². The Morgan fingerprint density at radius 3 is 2.79 bits per heavy atom. The van der Waals surface area contributed by atoms with E-state index in [1.807, 2.05) is 38.1 Å². The second-order valence-corrected chi connectivity index (χ2v) is 6.87. The van der Waals surface area contributed by atoms with Crippen molar-refractivity contribution in [3.8, 4) is 0 Å². The molecule has 3 aromatic rings. The second kappa shape index (κ2) is 7.15. The lowest BCUT2D eigenvalue weighted by atomic mass is 10.2. The van der Waals surface area contributed by atoms with E-state index in [-0.39, 0.29) is 16.3 Å². The topological polar surface area (TPSA) is 67.8 Å². The molecule has 2 heterocycles. The number of aryl methyl sites for hydroxylation is 1. The number of amides is 1. The van der Waals surface area contributed by atoms with E-state index < -0.39 is 0 Å². The fourth-order valence-corrected chi connectivity index (χ4v) is 3.33. The molecule has 0 aliphatic carbocycles. The third-order valence-electron chi connectivity index (χ3n) is 3.35. The number of anilines is 1. The highest BCUT2D eigenvalue weighted by Crippen LogP contribution is 2.29. The zero-order valence-corrected chi connectivity index (χ0v) is 14.7. The van der Waals surface area contributed by atoms with E-state index in [1.165, 1.54) is 11.8 Å². The SMILES string of the molecule is Cc1nc(SC(C)C(=O)Nc2cccnc2Cl)c2ccccc2n1. The standard InChI is InChI=1S/C17H15ClN4OS/c1-10(16(23)22-14-8-5-9-19-15(14)18)24-17-12-6-3-4-7-13(12)20-11(2)21-17/h3-10H,1-2H3,(H,22,23). The van der Waals surface area contributed by atoms with Crippen LogP contribution in [0.4, 0.5) is 5.69 Å². The van der Waals surface area contributed by atoms with E-state index in [2.05, 4.69) is 20.3 Å². The zero-order chi connectivity index (χ0) is 17.1. The first-order valence-electron chi connectivity index (χ1n) is 7.36. The third-order valence-corrected chi connectivity index (χ3v) is 4.76. The summed E-state index contributed by atoms with van der Waals surface area (Å²) in [7, 11) is 0. The van der Waals surface area contributed by atoms with Gasteiger partial charge in [0, 0.05) is 11.6 Å². The highest BCUT2D eigenvalue weighted by Gasteiger charge is 2.18. The van der Waals surface area contributed by atoms with Crippen LogP contribution in [-0.2, 0) is 4.79 Å². The number of pyridine rings is 1. The molecule has 0 spiro atoms. The second-order valence-electron chi connectivity index (χ2n) is 5.18. The number of rotatable bonds is 4. The predicted octanol–water partition coefficient (Wildman–Crippen LogP) is 4.11. The molecule has 3 rings (SSSR count). The third kappa shape index (κ3) is 3.66. The van der Waals surface area contributed by atoms with Crippen LogP contribution in [0.15, 0.2) is 47.6 Å². The van der Waals surface area contributed by atoms with Crippen molar-refractivity contribution in [1.29, 1.82) is 0 Å². The monoisotopic (exact) mass is 358 g/mol. The Kier molecular flexibility index (Phi) is 4.97. The fourth-order valence-electron chi connectivity index (χ4n) is 2.18. The van der Waals surface area contributed by atoms with Gasteiger partial charge in [0.05, 0.1) is 16.5 Å². The molecule has 1 unspecified atom stereocenters. The largest absolute Gasteiger partial charge is 0.322 e. The van der Waals surface area contributed by atoms with Crippen LogP contribution in [0.25, 0.3) is 10.9 Å². The fraction of sp³-hybridized carbons (Fsp3) is 0.176. The molecule has 7 heteroatoms. The zero-order valence-electron chi connectivity index (χ0n) is 13.2. The Bertz CT molecular complexity index is 903. The van der Waals surface area contributed by atoms with Crippen molar-refractivity contribution in [2.45, 2.75) is 24.1 Å². The maximum atomic E-state index is 12.4. The first-order valence-corrected chi connectivity index (χ1v) is 8.62. The number of para-hydroxylation sites is 1. The maximum Gasteiger partial charge on any atom is 0.237 e. The van der Waals surface area contributed by atoms with Crippen molar-refractivity contribution in [2.24, 2.45) is 0 Å². The lowest BCUT2D eigenvalue weighted by molar-refractivity contribution is -0.115. The highest BCUT2D eigenvalue weighted by molar-refractivity contribution is 8.00. The van der Waals surface area contributed by atoms with Crippen molar-refractivity contribution in [3.63, 3.8) is 0 Å². The minimum atomic E-state index is -0.348. The average molecular weight is 359 g/mol. The van der Waals surface area contributed by atoms with E-state index in [9.17, 15) is 4.79 Å². The van der Waals surface area contributed by atoms with Gasteiger partial charge >= 0.3 is 0 Å². The van der Waals surface area contributed by atoms with Crippen LogP contribution >= 0.6 is 23.4 Å². The molecule has 0 fully saturated rings. The number of nitrogens with one attached hydrogen (secondary N) is 1. The van der Waals surface area contributed by atoms with Gasteiger partial charge in [-0.25, -0.2) is 15.0 Å². The molecule has 0 aliphatic rings. The van der Waals surface area contributed by atoms with Gasteiger partial charge in [-0.15, -0.1) is 0 Å². The van der Waals surface area contributed by atoms with Gasteiger partial charge in [0.25, 0.3) is 0 Å². The molecule has 24 heavy (non-hydrogen) atoms. The van der Waals surface area contributed by atoms with Gasteiger partial charge in [0.2, 0.25) is 5.91 Å². The molecule has 1 N–H and O–H groups in total. The van der Waals surface area contributed by atoms with Gasteiger partial charge in [-0.3, -0.25) is 4.79 Å². The molecule has 0 saturated heterocycles. The minimum Gasteiger partial charge on any atom is -0.322 e. The summed E-state index contributed by atoms with van der Waals surface area (Å²) >= 11 is 7.37. The predicted molar refractivity (Wildman–Crippen MR) is 97.5 cm³/mol. The summed E-state index contributed by atoms with van der Waals surface area (Å²) in [6, 6.07) is 11.2. The number of nitrogens with zero attached hydrogens (tertiary/aromatic N) is 3. The summed E-state index contributed by atoms with van der Waals surface area (Å²) in [5, 5.41) is 4.44. The van der Waals surface area contributed by atoms with Crippen molar-refractivity contribution in [2.75, 3.05) is 5.32 Å². The van der Waals surface area contributed by atoms with Gasteiger partial charge in [0.1, 0.15) is 10.9 Å². The molecule has 2 aromatic heterocycles. The van der Waals surface area contributed by atoms with E-state index in [4.69, 9.17) is 11.6 Å². The number of halogens is 1. The molecule has 1 atom stereocenters. The highest BCUT2D eigenvalue weighted by atomic mass is 35.5. The van der Waals surface area contributed by atoms with Crippen LogP contribution in [0, 0.1) is 6.92 Å². The van der Waals surface area contributed by atoms with E-state index in [0.717, 1.165) is 15.9 Å². The number of aromatic nitrogens is 3. The van der Waals surface area contributed by atoms with Crippen molar-refractivity contribution < 1.29 is 4.79 Å². The van der Waals surface area contributed by atoms with Crippen molar-refractivity contribution in [1.82, 2.24) is 15.0 Å². The molecule has 0 bridgehead atoms. The molecular weight excluding hydrogens is 344 g/mol. The Hall–Kier alpha value is -2.18. The van der Waals surface area contributed by atoms with E-state index >= 15 is 0 Å². The number of fused-ring (bicyclic) bond motifs is 1. The summed E-state index contributed by atoms with van der Waals surface area (Å²) in [6.07, 6.45) is 1.58. The number of benzene rings is 1. The molecular formula is C17H15ClN4OS. The van der Waals surface area contributed by atoms with E-state index in [1.54, 1.807) is 18.3 Å². The molecule has 1 amide bonds. The summed E-state index contributed by atoms with van der Waals surface area (Å²) < 4.78 is 0.